The van der Waals surface area contributed by atoms with Crippen LogP contribution in [0.3, 0.4) is 0 Å². The van der Waals surface area contributed by atoms with Gasteiger partial charge in [0.25, 0.3) is 0 Å². The summed E-state index contributed by atoms with van der Waals surface area (Å²) in [5, 5.41) is 8.23. The van der Waals surface area contributed by atoms with Crippen LogP contribution in [0.1, 0.15) is 33.6 Å². The van der Waals surface area contributed by atoms with Crippen molar-refractivity contribution < 1.29 is 14.6 Å². The third kappa shape index (κ3) is 7.16. The van der Waals surface area contributed by atoms with Crippen molar-refractivity contribution in [2.45, 2.75) is 39.7 Å². The maximum absolute atomic E-state index is 10.0. The first-order chi connectivity index (χ1) is 5.02. The second-order valence-electron chi connectivity index (χ2n) is 3.17. The molecule has 0 heterocycles. The highest BCUT2D eigenvalue weighted by Crippen LogP contribution is 2.08. The van der Waals surface area contributed by atoms with Crippen LogP contribution in [0.4, 0.5) is 4.79 Å². The van der Waals surface area contributed by atoms with Gasteiger partial charge in [-0.05, 0) is 25.7 Å². The molecule has 11 heavy (non-hydrogen) atoms. The average molecular weight is 160 g/mol. The summed E-state index contributed by atoms with van der Waals surface area (Å²) in [6, 6.07) is 0. The summed E-state index contributed by atoms with van der Waals surface area (Å²) < 4.78 is 4.52. The highest BCUT2D eigenvalue weighted by molar-refractivity contribution is 5.56. The molecule has 0 aliphatic rings. The minimum absolute atomic E-state index is 0.171. The van der Waals surface area contributed by atoms with Crippen molar-refractivity contribution in [3.05, 3.63) is 0 Å². The fraction of sp³-hybridized carbons (Fsp3) is 0.875. The van der Waals surface area contributed by atoms with Crippen molar-refractivity contribution in [3.63, 3.8) is 0 Å². The Labute approximate surface area is 67.4 Å². The number of hydrogen-bond acceptors (Lipinski definition) is 2. The lowest BCUT2D eigenvalue weighted by atomic mass is 10.1. The third-order valence-electron chi connectivity index (χ3n) is 1.45. The van der Waals surface area contributed by atoms with E-state index in [1.54, 1.807) is 6.92 Å². The van der Waals surface area contributed by atoms with E-state index in [1.165, 1.54) is 0 Å². The van der Waals surface area contributed by atoms with Gasteiger partial charge in [0.05, 0.1) is 0 Å². The van der Waals surface area contributed by atoms with Gasteiger partial charge in [0, 0.05) is 0 Å². The number of hydrogen-bond donors (Lipinski definition) is 1. The van der Waals surface area contributed by atoms with Gasteiger partial charge in [0.2, 0.25) is 0 Å². The van der Waals surface area contributed by atoms with Crippen LogP contribution in [0.25, 0.3) is 0 Å². The van der Waals surface area contributed by atoms with Crippen LogP contribution in [-0.4, -0.2) is 17.4 Å². The van der Waals surface area contributed by atoms with Gasteiger partial charge in [0.15, 0.2) is 0 Å². The first-order valence-corrected chi connectivity index (χ1v) is 3.92. The molecule has 0 saturated heterocycles. The Morgan fingerprint density at radius 2 is 1.91 bits per heavy atom. The van der Waals surface area contributed by atoms with E-state index in [2.05, 4.69) is 18.6 Å². The van der Waals surface area contributed by atoms with Crippen LogP contribution in [0.5, 0.6) is 0 Å². The van der Waals surface area contributed by atoms with Gasteiger partial charge in [-0.2, -0.15) is 0 Å². The normalized spacial score (nSPS) is 13.1. The largest absolute Gasteiger partial charge is 0.506 e. The molecule has 0 aliphatic heterocycles. The van der Waals surface area contributed by atoms with Gasteiger partial charge in [-0.1, -0.05) is 13.8 Å². The molecule has 0 bridgehead atoms. The Balaban J connectivity index is 3.37. The SMILES string of the molecule is CC(C)CCC(C)OC(=O)O. The zero-order chi connectivity index (χ0) is 8.85. The third-order valence-corrected chi connectivity index (χ3v) is 1.45. The second kappa shape index (κ2) is 4.99. The molecule has 0 spiro atoms. The molecule has 0 saturated carbocycles. The van der Waals surface area contributed by atoms with E-state index in [-0.39, 0.29) is 6.10 Å². The predicted molar refractivity (Wildman–Crippen MR) is 42.6 cm³/mol. The number of carbonyl (C=O) groups is 1. The minimum Gasteiger partial charge on any atom is -0.450 e. The quantitative estimate of drug-likeness (QED) is 0.643. The molecule has 1 N–H and O–H groups in total. The molecule has 0 aromatic carbocycles. The monoisotopic (exact) mass is 160 g/mol. The fourth-order valence-corrected chi connectivity index (χ4v) is 0.799. The fourth-order valence-electron chi connectivity index (χ4n) is 0.799. The maximum Gasteiger partial charge on any atom is 0.506 e. The Morgan fingerprint density at radius 3 is 2.27 bits per heavy atom. The summed E-state index contributed by atoms with van der Waals surface area (Å²) in [6.07, 6.45) is 0.467. The minimum atomic E-state index is -1.18. The summed E-state index contributed by atoms with van der Waals surface area (Å²) in [4.78, 5) is 10.0. The van der Waals surface area contributed by atoms with E-state index >= 15 is 0 Å². The van der Waals surface area contributed by atoms with Crippen molar-refractivity contribution >= 4 is 6.16 Å². The van der Waals surface area contributed by atoms with Crippen molar-refractivity contribution in [3.8, 4) is 0 Å². The lowest BCUT2D eigenvalue weighted by molar-refractivity contribution is 0.0537. The predicted octanol–water partition coefficient (Wildman–Crippen LogP) is 2.51. The molecule has 0 aromatic heterocycles. The first kappa shape index (κ1) is 10.3. The summed E-state index contributed by atoms with van der Waals surface area (Å²) >= 11 is 0. The Hall–Kier alpha value is -0.730. The maximum atomic E-state index is 10.0. The molecule has 0 radical (unpaired) electrons. The molecule has 0 rings (SSSR count). The molecule has 3 nitrogen and oxygen atoms in total. The molecular weight excluding hydrogens is 144 g/mol. The van der Waals surface area contributed by atoms with Gasteiger partial charge in [-0.15, -0.1) is 0 Å². The molecule has 66 valence electrons. The first-order valence-electron chi connectivity index (χ1n) is 3.92. The lowest BCUT2D eigenvalue weighted by Gasteiger charge is -2.11. The van der Waals surface area contributed by atoms with Crippen LogP contribution in [0, 0.1) is 5.92 Å². The highest BCUT2D eigenvalue weighted by Gasteiger charge is 2.07. The van der Waals surface area contributed by atoms with Gasteiger partial charge in [0.1, 0.15) is 6.10 Å². The molecule has 0 aromatic rings. The second-order valence-corrected chi connectivity index (χ2v) is 3.17. The van der Waals surface area contributed by atoms with E-state index in [0.717, 1.165) is 12.8 Å². The average Bonchev–Trinajstić information content (AvgIpc) is 1.82. The Morgan fingerprint density at radius 1 is 1.36 bits per heavy atom. The standard InChI is InChI=1S/C8H16O3/c1-6(2)4-5-7(3)11-8(9)10/h6-7H,4-5H2,1-3H3,(H,9,10). The number of carboxylic acid groups (broad SMARTS) is 1. The number of ether oxygens (including phenoxy) is 1. The van der Waals surface area contributed by atoms with E-state index in [0.29, 0.717) is 5.92 Å². The van der Waals surface area contributed by atoms with Crippen LogP contribution in [0.15, 0.2) is 0 Å². The van der Waals surface area contributed by atoms with E-state index < -0.39 is 6.16 Å². The lowest BCUT2D eigenvalue weighted by Crippen LogP contribution is -2.13. The van der Waals surface area contributed by atoms with Gasteiger partial charge in [-0.3, -0.25) is 0 Å². The highest BCUT2D eigenvalue weighted by atomic mass is 16.7. The number of rotatable bonds is 4. The van der Waals surface area contributed by atoms with Gasteiger partial charge >= 0.3 is 6.16 Å². The zero-order valence-corrected chi connectivity index (χ0v) is 7.33. The van der Waals surface area contributed by atoms with E-state index in [1.807, 2.05) is 0 Å². The van der Waals surface area contributed by atoms with Crippen LogP contribution in [0.2, 0.25) is 0 Å². The molecular formula is C8H16O3. The van der Waals surface area contributed by atoms with Crippen molar-refractivity contribution in [1.29, 1.82) is 0 Å². The van der Waals surface area contributed by atoms with Crippen LogP contribution >= 0.6 is 0 Å². The van der Waals surface area contributed by atoms with Crippen molar-refractivity contribution in [2.24, 2.45) is 5.92 Å². The van der Waals surface area contributed by atoms with Crippen molar-refractivity contribution in [1.82, 2.24) is 0 Å². The Bertz CT molecular complexity index is 121. The molecule has 3 heteroatoms. The molecule has 0 aliphatic carbocycles. The van der Waals surface area contributed by atoms with Crippen LogP contribution < -0.4 is 0 Å². The summed E-state index contributed by atoms with van der Waals surface area (Å²) in [5.41, 5.74) is 0. The van der Waals surface area contributed by atoms with Gasteiger partial charge < -0.3 is 9.84 Å². The molecule has 0 fully saturated rings. The molecule has 1 unspecified atom stereocenters. The van der Waals surface area contributed by atoms with E-state index in [4.69, 9.17) is 5.11 Å². The van der Waals surface area contributed by atoms with Gasteiger partial charge in [-0.25, -0.2) is 4.79 Å². The zero-order valence-electron chi connectivity index (χ0n) is 7.33. The smallest absolute Gasteiger partial charge is 0.450 e. The molecule has 0 amide bonds. The topological polar surface area (TPSA) is 46.5 Å². The van der Waals surface area contributed by atoms with Crippen LogP contribution in [-0.2, 0) is 4.74 Å². The van der Waals surface area contributed by atoms with E-state index in [9.17, 15) is 4.79 Å². The summed E-state index contributed by atoms with van der Waals surface area (Å²) in [5.74, 6) is 0.606. The molecule has 1 atom stereocenters. The van der Waals surface area contributed by atoms with Crippen molar-refractivity contribution in [2.75, 3.05) is 0 Å². The summed E-state index contributed by atoms with van der Waals surface area (Å²) in [7, 11) is 0. The summed E-state index contributed by atoms with van der Waals surface area (Å²) in [6.45, 7) is 5.98. The Kier molecular flexibility index (Phi) is 4.66.